The zero-order chi connectivity index (χ0) is 11.7. The Bertz CT molecular complexity index is 527. The van der Waals surface area contributed by atoms with Gasteiger partial charge in [0.2, 0.25) is 11.7 Å². The van der Waals surface area contributed by atoms with Crippen molar-refractivity contribution < 1.29 is 14.3 Å². The number of oxazole rings is 1. The maximum Gasteiger partial charge on any atom is 0.373 e. The highest BCUT2D eigenvalue weighted by Gasteiger charge is 2.20. The first-order valence-electron chi connectivity index (χ1n) is 4.91. The first kappa shape index (κ1) is 10.9. The molecule has 0 saturated carbocycles. The van der Waals surface area contributed by atoms with Crippen LogP contribution in [0.15, 0.2) is 15.9 Å². The van der Waals surface area contributed by atoms with Gasteiger partial charge in [0, 0.05) is 0 Å². The Morgan fingerprint density at radius 2 is 2.38 bits per heavy atom. The van der Waals surface area contributed by atoms with E-state index in [1.807, 2.05) is 25.3 Å². The molecule has 2 aromatic rings. The van der Waals surface area contributed by atoms with Crippen molar-refractivity contribution in [2.45, 2.75) is 20.3 Å². The molecule has 0 radical (unpaired) electrons. The van der Waals surface area contributed by atoms with Crippen LogP contribution >= 0.6 is 11.3 Å². The molecule has 0 aliphatic rings. The molecule has 0 aliphatic carbocycles. The van der Waals surface area contributed by atoms with Gasteiger partial charge in [0.05, 0.1) is 10.6 Å². The minimum Gasteiger partial charge on any atom is -0.475 e. The summed E-state index contributed by atoms with van der Waals surface area (Å²) in [6.07, 6.45) is 0.551. The van der Waals surface area contributed by atoms with Crippen LogP contribution in [0, 0.1) is 6.92 Å². The van der Waals surface area contributed by atoms with E-state index in [1.54, 1.807) is 0 Å². The van der Waals surface area contributed by atoms with E-state index in [4.69, 9.17) is 9.52 Å². The third-order valence-electron chi connectivity index (χ3n) is 2.28. The Hall–Kier alpha value is -1.62. The van der Waals surface area contributed by atoms with Gasteiger partial charge in [0.1, 0.15) is 0 Å². The second kappa shape index (κ2) is 4.09. The second-order valence-electron chi connectivity index (χ2n) is 3.39. The van der Waals surface area contributed by atoms with Crippen molar-refractivity contribution in [2.75, 3.05) is 0 Å². The van der Waals surface area contributed by atoms with Gasteiger partial charge in [0.15, 0.2) is 0 Å². The second-order valence-corrected chi connectivity index (χ2v) is 4.30. The van der Waals surface area contributed by atoms with Crippen molar-refractivity contribution >= 4 is 17.3 Å². The van der Waals surface area contributed by atoms with Crippen LogP contribution in [0.3, 0.4) is 0 Å². The fraction of sp³-hybridized carbons (Fsp3) is 0.273. The van der Waals surface area contributed by atoms with E-state index >= 15 is 0 Å². The van der Waals surface area contributed by atoms with E-state index in [0.717, 1.165) is 10.4 Å². The Morgan fingerprint density at radius 1 is 1.62 bits per heavy atom. The SMILES string of the molecule is CCc1nc(-c2sccc2C)oc1C(=O)O. The summed E-state index contributed by atoms with van der Waals surface area (Å²) in [5, 5.41) is 10.9. The molecule has 4 nitrogen and oxygen atoms in total. The summed E-state index contributed by atoms with van der Waals surface area (Å²) in [6.45, 7) is 3.80. The molecule has 16 heavy (non-hydrogen) atoms. The summed E-state index contributed by atoms with van der Waals surface area (Å²) >= 11 is 1.50. The summed E-state index contributed by atoms with van der Waals surface area (Å²) < 4.78 is 5.29. The highest BCUT2D eigenvalue weighted by molar-refractivity contribution is 7.13. The van der Waals surface area contributed by atoms with Gasteiger partial charge >= 0.3 is 5.97 Å². The van der Waals surface area contributed by atoms with Gasteiger partial charge in [-0.1, -0.05) is 6.92 Å². The molecular weight excluding hydrogens is 226 g/mol. The third kappa shape index (κ3) is 1.74. The predicted octanol–water partition coefficient (Wildman–Crippen LogP) is 2.97. The van der Waals surface area contributed by atoms with Crippen molar-refractivity contribution in [1.82, 2.24) is 4.98 Å². The number of thiophene rings is 1. The van der Waals surface area contributed by atoms with E-state index in [9.17, 15) is 4.79 Å². The monoisotopic (exact) mass is 237 g/mol. The lowest BCUT2D eigenvalue weighted by Crippen LogP contribution is -1.98. The van der Waals surface area contributed by atoms with Crippen molar-refractivity contribution in [3.8, 4) is 10.8 Å². The van der Waals surface area contributed by atoms with Crippen LogP contribution < -0.4 is 0 Å². The van der Waals surface area contributed by atoms with E-state index in [1.165, 1.54) is 11.3 Å². The first-order chi connectivity index (χ1) is 7.63. The molecule has 0 spiro atoms. The fourth-order valence-corrected chi connectivity index (χ4v) is 2.30. The number of carboxylic acids is 1. The zero-order valence-electron chi connectivity index (χ0n) is 8.98. The number of aromatic nitrogens is 1. The van der Waals surface area contributed by atoms with Crippen molar-refractivity contribution in [2.24, 2.45) is 0 Å². The van der Waals surface area contributed by atoms with Gasteiger partial charge in [-0.2, -0.15) is 0 Å². The number of rotatable bonds is 3. The van der Waals surface area contributed by atoms with Crippen LogP contribution in [0.1, 0.15) is 28.7 Å². The predicted molar refractivity (Wildman–Crippen MR) is 60.9 cm³/mol. The highest BCUT2D eigenvalue weighted by Crippen LogP contribution is 2.30. The molecule has 84 valence electrons. The average Bonchev–Trinajstić information content (AvgIpc) is 2.82. The van der Waals surface area contributed by atoms with Crippen LogP contribution in [0.2, 0.25) is 0 Å². The summed E-state index contributed by atoms with van der Waals surface area (Å²) in [4.78, 5) is 16.0. The molecule has 5 heteroatoms. The Labute approximate surface area is 96.6 Å². The number of hydrogen-bond acceptors (Lipinski definition) is 4. The summed E-state index contributed by atoms with van der Waals surface area (Å²) in [6, 6.07) is 1.95. The van der Waals surface area contributed by atoms with Crippen molar-refractivity contribution in [3.05, 3.63) is 28.5 Å². The van der Waals surface area contributed by atoms with Crippen molar-refractivity contribution in [1.29, 1.82) is 0 Å². The van der Waals surface area contributed by atoms with Crippen LogP contribution in [0.5, 0.6) is 0 Å². The lowest BCUT2D eigenvalue weighted by Gasteiger charge is -1.90. The number of carbonyl (C=O) groups is 1. The molecule has 0 aliphatic heterocycles. The van der Waals surface area contributed by atoms with Gasteiger partial charge in [-0.15, -0.1) is 11.3 Å². The van der Waals surface area contributed by atoms with Gasteiger partial charge in [-0.05, 0) is 30.4 Å². The summed E-state index contributed by atoms with van der Waals surface area (Å²) in [5.41, 5.74) is 1.54. The molecule has 1 N–H and O–H groups in total. The lowest BCUT2D eigenvalue weighted by atomic mass is 10.3. The molecule has 2 aromatic heterocycles. The minimum absolute atomic E-state index is 0.0506. The summed E-state index contributed by atoms with van der Waals surface area (Å²) in [5.74, 6) is -0.711. The number of aryl methyl sites for hydroxylation is 2. The van der Waals surface area contributed by atoms with Gasteiger partial charge in [-0.3, -0.25) is 0 Å². The maximum absolute atomic E-state index is 10.9. The molecule has 2 rings (SSSR count). The van der Waals surface area contributed by atoms with Crippen molar-refractivity contribution in [3.63, 3.8) is 0 Å². The van der Waals surface area contributed by atoms with Crippen LogP contribution in [0.4, 0.5) is 0 Å². The number of nitrogens with zero attached hydrogens (tertiary/aromatic N) is 1. The van der Waals surface area contributed by atoms with Crippen LogP contribution in [-0.2, 0) is 6.42 Å². The molecule has 0 aromatic carbocycles. The van der Waals surface area contributed by atoms with Gasteiger partial charge in [0.25, 0.3) is 0 Å². The topological polar surface area (TPSA) is 63.3 Å². The third-order valence-corrected chi connectivity index (χ3v) is 3.29. The molecule has 0 unspecified atom stereocenters. The number of carboxylic acid groups (broad SMARTS) is 1. The molecule has 0 amide bonds. The zero-order valence-corrected chi connectivity index (χ0v) is 9.80. The van der Waals surface area contributed by atoms with E-state index in [0.29, 0.717) is 18.0 Å². The standard InChI is InChI=1S/C11H11NO3S/c1-3-7-8(11(13)14)15-10(12-7)9-6(2)4-5-16-9/h4-5H,3H2,1-2H3,(H,13,14). The smallest absolute Gasteiger partial charge is 0.373 e. The van der Waals surface area contributed by atoms with Crippen LogP contribution in [-0.4, -0.2) is 16.1 Å². The lowest BCUT2D eigenvalue weighted by molar-refractivity contribution is 0.0662. The normalized spacial score (nSPS) is 10.6. The van der Waals surface area contributed by atoms with E-state index < -0.39 is 5.97 Å². The minimum atomic E-state index is -1.06. The largest absolute Gasteiger partial charge is 0.475 e. The molecule has 0 bridgehead atoms. The quantitative estimate of drug-likeness (QED) is 0.891. The first-order valence-corrected chi connectivity index (χ1v) is 5.79. The maximum atomic E-state index is 10.9. The number of aromatic carboxylic acids is 1. The molecular formula is C11H11NO3S. The molecule has 0 saturated heterocycles. The average molecular weight is 237 g/mol. The van der Waals surface area contributed by atoms with Crippen LogP contribution in [0.25, 0.3) is 10.8 Å². The Kier molecular flexibility index (Phi) is 2.78. The molecule has 0 fully saturated rings. The van der Waals surface area contributed by atoms with E-state index in [2.05, 4.69) is 4.98 Å². The Morgan fingerprint density at radius 3 is 2.81 bits per heavy atom. The van der Waals surface area contributed by atoms with Gasteiger partial charge < -0.3 is 9.52 Å². The van der Waals surface area contributed by atoms with Gasteiger partial charge in [-0.25, -0.2) is 9.78 Å². The molecule has 0 atom stereocenters. The Balaban J connectivity index is 2.52. The fourth-order valence-electron chi connectivity index (χ4n) is 1.45. The summed E-state index contributed by atoms with van der Waals surface area (Å²) in [7, 11) is 0. The van der Waals surface area contributed by atoms with E-state index in [-0.39, 0.29) is 5.76 Å². The number of hydrogen-bond donors (Lipinski definition) is 1. The molecule has 2 heterocycles. The highest BCUT2D eigenvalue weighted by atomic mass is 32.1.